The molecule has 126 valence electrons. The molecule has 1 aromatic carbocycles. The van der Waals surface area contributed by atoms with Crippen molar-refractivity contribution >= 4 is 35.0 Å². The van der Waals surface area contributed by atoms with Crippen LogP contribution in [0.4, 0.5) is 4.79 Å². The number of imide groups is 1. The molecule has 0 bridgehead atoms. The fraction of sp³-hybridized carbons (Fsp3) is 0.312. The summed E-state index contributed by atoms with van der Waals surface area (Å²) in [6.07, 6.45) is 1.62. The predicted molar refractivity (Wildman–Crippen MR) is 86.6 cm³/mol. The van der Waals surface area contributed by atoms with Gasteiger partial charge in [0, 0.05) is 0 Å². The van der Waals surface area contributed by atoms with Gasteiger partial charge in [-0.15, -0.1) is 0 Å². The molecule has 2 amide bonds. The van der Waals surface area contributed by atoms with E-state index < -0.39 is 23.2 Å². The van der Waals surface area contributed by atoms with Gasteiger partial charge in [-0.3, -0.25) is 14.5 Å². The molecule has 2 heterocycles. The fourth-order valence-corrected chi connectivity index (χ4v) is 3.34. The maximum Gasteiger partial charge on any atom is 0.328 e. The number of thioether (sulfide) groups is 1. The lowest BCUT2D eigenvalue weighted by Crippen LogP contribution is -2.42. The van der Waals surface area contributed by atoms with Crippen LogP contribution in [0.5, 0.6) is 11.5 Å². The fourth-order valence-electron chi connectivity index (χ4n) is 2.45. The van der Waals surface area contributed by atoms with E-state index in [0.29, 0.717) is 11.5 Å². The molecule has 0 saturated carbocycles. The summed E-state index contributed by atoms with van der Waals surface area (Å²) < 4.78 is 15.2. The lowest BCUT2D eigenvalue weighted by Gasteiger charge is -2.18. The highest BCUT2D eigenvalue weighted by Crippen LogP contribution is 2.38. The molecule has 0 aliphatic carbocycles. The molecule has 3 rings (SSSR count). The molecule has 0 N–H and O–H groups in total. The number of hydrogen-bond donors (Lipinski definition) is 0. The van der Waals surface area contributed by atoms with E-state index in [1.807, 2.05) is 13.0 Å². The van der Waals surface area contributed by atoms with Gasteiger partial charge in [0.25, 0.3) is 11.1 Å². The van der Waals surface area contributed by atoms with Crippen molar-refractivity contribution in [2.75, 3.05) is 13.9 Å². The minimum atomic E-state index is -0.966. The van der Waals surface area contributed by atoms with Crippen LogP contribution in [0.25, 0.3) is 6.08 Å². The van der Waals surface area contributed by atoms with Crippen LogP contribution < -0.4 is 9.47 Å². The Morgan fingerprint density at radius 1 is 1.33 bits per heavy atom. The van der Waals surface area contributed by atoms with E-state index in [-0.39, 0.29) is 11.7 Å². The van der Waals surface area contributed by atoms with Crippen molar-refractivity contribution in [2.24, 2.45) is 0 Å². The topological polar surface area (TPSA) is 82.1 Å². The minimum Gasteiger partial charge on any atom is -0.467 e. The summed E-state index contributed by atoms with van der Waals surface area (Å²) in [5.74, 6) is 0.0869. The molecule has 1 atom stereocenters. The van der Waals surface area contributed by atoms with E-state index in [4.69, 9.17) is 9.47 Å². The number of amides is 2. The van der Waals surface area contributed by atoms with Gasteiger partial charge in [-0.25, -0.2) is 4.79 Å². The summed E-state index contributed by atoms with van der Waals surface area (Å²) in [6, 6.07) is 2.61. The molecule has 7 nitrogen and oxygen atoms in total. The van der Waals surface area contributed by atoms with Crippen molar-refractivity contribution in [1.29, 1.82) is 0 Å². The Hall–Kier alpha value is -2.48. The van der Waals surface area contributed by atoms with Crippen LogP contribution in [0, 0.1) is 6.92 Å². The SMILES string of the molecule is COC(=O)[C@H](C)N1C(=O)S/C(=C/c2cc3c(cc2C)OCO3)C1=O. The van der Waals surface area contributed by atoms with Gasteiger partial charge in [-0.05, 0) is 54.9 Å². The number of hydrogen-bond acceptors (Lipinski definition) is 7. The molecule has 0 radical (unpaired) electrons. The zero-order valence-corrected chi connectivity index (χ0v) is 14.1. The summed E-state index contributed by atoms with van der Waals surface area (Å²) in [5.41, 5.74) is 1.63. The quantitative estimate of drug-likeness (QED) is 0.612. The smallest absolute Gasteiger partial charge is 0.328 e. The van der Waals surface area contributed by atoms with Crippen LogP contribution in [0.3, 0.4) is 0 Å². The van der Waals surface area contributed by atoms with Crippen LogP contribution in [0.2, 0.25) is 0 Å². The summed E-state index contributed by atoms with van der Waals surface area (Å²) in [5, 5.41) is -0.498. The van der Waals surface area contributed by atoms with Gasteiger partial charge >= 0.3 is 5.97 Å². The Morgan fingerprint density at radius 3 is 2.67 bits per heavy atom. The average molecular weight is 349 g/mol. The van der Waals surface area contributed by atoms with Gasteiger partial charge in [-0.1, -0.05) is 0 Å². The third-order valence-electron chi connectivity index (χ3n) is 3.80. The lowest BCUT2D eigenvalue weighted by atomic mass is 10.1. The molecule has 1 saturated heterocycles. The monoisotopic (exact) mass is 349 g/mol. The van der Waals surface area contributed by atoms with Crippen molar-refractivity contribution in [3.8, 4) is 11.5 Å². The van der Waals surface area contributed by atoms with Gasteiger partial charge in [0.2, 0.25) is 6.79 Å². The zero-order chi connectivity index (χ0) is 17.4. The number of rotatable bonds is 3. The molecule has 1 fully saturated rings. The van der Waals surface area contributed by atoms with E-state index in [2.05, 4.69) is 4.74 Å². The van der Waals surface area contributed by atoms with Gasteiger partial charge < -0.3 is 14.2 Å². The first kappa shape index (κ1) is 16.4. The first-order valence-corrected chi connectivity index (χ1v) is 7.99. The Bertz CT molecular complexity index is 772. The molecule has 1 aromatic rings. The molecule has 0 unspecified atom stereocenters. The van der Waals surface area contributed by atoms with Crippen LogP contribution in [-0.4, -0.2) is 42.0 Å². The van der Waals surface area contributed by atoms with Gasteiger partial charge in [0.15, 0.2) is 11.5 Å². The van der Waals surface area contributed by atoms with Crippen molar-refractivity contribution in [2.45, 2.75) is 19.9 Å². The molecule has 2 aliphatic heterocycles. The molecule has 24 heavy (non-hydrogen) atoms. The summed E-state index contributed by atoms with van der Waals surface area (Å²) in [6.45, 7) is 3.48. The van der Waals surface area contributed by atoms with E-state index in [0.717, 1.165) is 27.8 Å². The third kappa shape index (κ3) is 2.73. The standard InChI is InChI=1S/C16H15NO6S/c1-8-4-11-12(23-7-22-11)5-10(8)6-13-14(18)17(16(20)24-13)9(2)15(19)21-3/h4-6,9H,7H2,1-3H3/b13-6+/t9-/m0/s1. The summed E-state index contributed by atoms with van der Waals surface area (Å²) in [7, 11) is 1.21. The molecular formula is C16H15NO6S. The van der Waals surface area contributed by atoms with Gasteiger partial charge in [0.1, 0.15) is 6.04 Å². The average Bonchev–Trinajstić information content (AvgIpc) is 3.10. The number of aryl methyl sites for hydroxylation is 1. The number of methoxy groups -OCH3 is 1. The van der Waals surface area contributed by atoms with Crippen molar-refractivity contribution in [3.63, 3.8) is 0 Å². The van der Waals surface area contributed by atoms with Crippen LogP contribution >= 0.6 is 11.8 Å². The van der Waals surface area contributed by atoms with Crippen molar-refractivity contribution in [1.82, 2.24) is 4.90 Å². The highest BCUT2D eigenvalue weighted by Gasteiger charge is 2.41. The molecule has 0 aromatic heterocycles. The van der Waals surface area contributed by atoms with Gasteiger partial charge in [0.05, 0.1) is 12.0 Å². The second-order valence-corrected chi connectivity index (χ2v) is 6.31. The van der Waals surface area contributed by atoms with E-state index in [1.165, 1.54) is 14.0 Å². The Labute approximate surface area is 142 Å². The minimum absolute atomic E-state index is 0.158. The highest BCUT2D eigenvalue weighted by molar-refractivity contribution is 8.18. The number of nitrogens with zero attached hydrogens (tertiary/aromatic N) is 1. The van der Waals surface area contributed by atoms with Crippen molar-refractivity contribution < 1.29 is 28.6 Å². The Kier molecular flexibility index (Phi) is 4.23. The largest absolute Gasteiger partial charge is 0.467 e. The van der Waals surface area contributed by atoms with E-state index in [1.54, 1.807) is 12.1 Å². The third-order valence-corrected chi connectivity index (χ3v) is 4.68. The Morgan fingerprint density at radius 2 is 2.00 bits per heavy atom. The first-order chi connectivity index (χ1) is 11.4. The van der Waals surface area contributed by atoms with Crippen molar-refractivity contribution in [3.05, 3.63) is 28.2 Å². The zero-order valence-electron chi connectivity index (χ0n) is 13.3. The maximum absolute atomic E-state index is 12.5. The number of benzene rings is 1. The molecule has 2 aliphatic rings. The highest BCUT2D eigenvalue weighted by atomic mass is 32.2. The number of ether oxygens (including phenoxy) is 3. The second-order valence-electron chi connectivity index (χ2n) is 5.31. The molecule has 8 heteroatoms. The van der Waals surface area contributed by atoms with E-state index >= 15 is 0 Å². The normalized spacial score (nSPS) is 19.1. The predicted octanol–water partition coefficient (Wildman–Crippen LogP) is 2.32. The maximum atomic E-state index is 12.5. The second kappa shape index (κ2) is 6.20. The van der Waals surface area contributed by atoms with Gasteiger partial charge in [-0.2, -0.15) is 0 Å². The Balaban J connectivity index is 1.91. The number of fused-ring (bicyclic) bond motifs is 1. The molecule has 0 spiro atoms. The molecular weight excluding hydrogens is 334 g/mol. The number of carbonyl (C=O) groups excluding carboxylic acids is 3. The van der Waals surface area contributed by atoms with Crippen LogP contribution in [0.1, 0.15) is 18.1 Å². The van der Waals surface area contributed by atoms with Crippen LogP contribution in [0.15, 0.2) is 17.0 Å². The van der Waals surface area contributed by atoms with E-state index in [9.17, 15) is 14.4 Å². The number of esters is 1. The summed E-state index contributed by atoms with van der Waals surface area (Å²) >= 11 is 0.794. The lowest BCUT2D eigenvalue weighted by molar-refractivity contribution is -0.148. The summed E-state index contributed by atoms with van der Waals surface area (Å²) in [4.78, 5) is 37.3. The number of carbonyl (C=O) groups is 3. The van der Waals surface area contributed by atoms with Crippen LogP contribution in [-0.2, 0) is 14.3 Å². The first-order valence-electron chi connectivity index (χ1n) is 7.17.